The fourth-order valence-electron chi connectivity index (χ4n) is 5.01. The van der Waals surface area contributed by atoms with E-state index in [-0.39, 0.29) is 36.7 Å². The Morgan fingerprint density at radius 3 is 2.44 bits per heavy atom. The largest absolute Gasteiger partial charge is 0.486 e. The number of carbonyl (C=O) groups is 2. The van der Waals surface area contributed by atoms with Crippen molar-refractivity contribution in [3.8, 4) is 11.5 Å². The Bertz CT molecular complexity index is 772. The van der Waals surface area contributed by atoms with E-state index in [4.69, 9.17) is 9.47 Å². The Morgan fingerprint density at radius 2 is 1.66 bits per heavy atom. The van der Waals surface area contributed by atoms with Crippen LogP contribution in [-0.4, -0.2) is 61.6 Å². The van der Waals surface area contributed by atoms with Crippen LogP contribution in [0.5, 0.6) is 11.5 Å². The maximum absolute atomic E-state index is 12.7. The summed E-state index contributed by atoms with van der Waals surface area (Å²) in [5, 5.41) is 6.30. The van der Waals surface area contributed by atoms with Crippen molar-refractivity contribution < 1.29 is 19.1 Å². The van der Waals surface area contributed by atoms with Crippen LogP contribution in [0.4, 0.5) is 0 Å². The molecule has 176 valence electrons. The van der Waals surface area contributed by atoms with Crippen molar-refractivity contribution in [3.63, 3.8) is 0 Å². The lowest BCUT2D eigenvalue weighted by molar-refractivity contribution is -0.127. The second kappa shape index (κ2) is 11.5. The Kier molecular flexibility index (Phi) is 8.26. The standard InChI is InChI=1S/C25H37N3O4/c29-24(26-20-6-2-1-3-7-20)10-11-25(30)27-21(18-28-12-4-5-13-28)16-19-8-9-22-23(17-19)32-15-14-31-22/h8-9,17,20-21H,1-7,10-16,18H2,(H,26,29)(H,27,30). The number of fused-ring (bicyclic) bond motifs is 1. The molecule has 3 aliphatic rings. The molecule has 0 spiro atoms. The SMILES string of the molecule is O=C(CCC(=O)NC(Cc1ccc2c(c1)OCCO2)CN1CCCC1)NC1CCCCC1. The number of nitrogens with zero attached hydrogens (tertiary/aromatic N) is 1. The van der Waals surface area contributed by atoms with Crippen LogP contribution >= 0.6 is 0 Å². The average molecular weight is 444 g/mol. The quantitative estimate of drug-likeness (QED) is 0.614. The smallest absolute Gasteiger partial charge is 0.220 e. The first-order valence-electron chi connectivity index (χ1n) is 12.4. The van der Waals surface area contributed by atoms with Crippen molar-refractivity contribution in [3.05, 3.63) is 23.8 Å². The van der Waals surface area contributed by atoms with Gasteiger partial charge >= 0.3 is 0 Å². The second-order valence-electron chi connectivity index (χ2n) is 9.36. The fourth-order valence-corrected chi connectivity index (χ4v) is 5.01. The van der Waals surface area contributed by atoms with E-state index in [9.17, 15) is 9.59 Å². The minimum absolute atomic E-state index is 0.00423. The van der Waals surface area contributed by atoms with Crippen LogP contribution in [0.25, 0.3) is 0 Å². The molecule has 1 aliphatic carbocycles. The molecule has 7 heteroatoms. The molecule has 1 saturated heterocycles. The van der Waals surface area contributed by atoms with Gasteiger partial charge in [-0.05, 0) is 62.9 Å². The predicted octanol–water partition coefficient (Wildman–Crippen LogP) is 2.81. The fraction of sp³-hybridized carbons (Fsp3) is 0.680. The molecule has 32 heavy (non-hydrogen) atoms. The van der Waals surface area contributed by atoms with E-state index >= 15 is 0 Å². The first-order chi connectivity index (χ1) is 15.7. The molecule has 2 aliphatic heterocycles. The minimum Gasteiger partial charge on any atom is -0.486 e. The third-order valence-corrected chi connectivity index (χ3v) is 6.68. The predicted molar refractivity (Wildman–Crippen MR) is 123 cm³/mol. The van der Waals surface area contributed by atoms with Crippen LogP contribution < -0.4 is 20.1 Å². The maximum Gasteiger partial charge on any atom is 0.220 e. The van der Waals surface area contributed by atoms with Gasteiger partial charge in [-0.15, -0.1) is 0 Å². The van der Waals surface area contributed by atoms with Crippen LogP contribution in [0, 0.1) is 0 Å². The number of hydrogen-bond donors (Lipinski definition) is 2. The van der Waals surface area contributed by atoms with E-state index in [2.05, 4.69) is 15.5 Å². The third-order valence-electron chi connectivity index (χ3n) is 6.68. The van der Waals surface area contributed by atoms with Gasteiger partial charge in [-0.25, -0.2) is 0 Å². The minimum atomic E-state index is -0.0504. The van der Waals surface area contributed by atoms with Gasteiger partial charge in [0.2, 0.25) is 11.8 Å². The van der Waals surface area contributed by atoms with Crippen molar-refractivity contribution in [2.75, 3.05) is 32.8 Å². The number of carbonyl (C=O) groups excluding carboxylic acids is 2. The molecule has 0 radical (unpaired) electrons. The molecule has 1 atom stereocenters. The summed E-state index contributed by atoms with van der Waals surface area (Å²) in [7, 11) is 0. The number of likely N-dealkylation sites (tertiary alicyclic amines) is 1. The second-order valence-corrected chi connectivity index (χ2v) is 9.36. The monoisotopic (exact) mass is 443 g/mol. The highest BCUT2D eigenvalue weighted by atomic mass is 16.6. The van der Waals surface area contributed by atoms with Crippen molar-refractivity contribution >= 4 is 11.8 Å². The van der Waals surface area contributed by atoms with E-state index in [1.54, 1.807) is 0 Å². The van der Waals surface area contributed by atoms with E-state index in [0.29, 0.717) is 13.2 Å². The number of nitrogens with one attached hydrogen (secondary N) is 2. The van der Waals surface area contributed by atoms with Gasteiger partial charge in [0.15, 0.2) is 11.5 Å². The normalized spacial score (nSPS) is 20.0. The number of benzene rings is 1. The van der Waals surface area contributed by atoms with Crippen molar-refractivity contribution in [2.45, 2.75) is 76.3 Å². The summed E-state index contributed by atoms with van der Waals surface area (Å²) in [6.45, 7) is 4.13. The van der Waals surface area contributed by atoms with Gasteiger partial charge < -0.3 is 25.0 Å². The van der Waals surface area contributed by atoms with Crippen molar-refractivity contribution in [1.82, 2.24) is 15.5 Å². The molecule has 1 unspecified atom stereocenters. The van der Waals surface area contributed by atoms with Crippen LogP contribution in [0.2, 0.25) is 0 Å². The van der Waals surface area contributed by atoms with Crippen molar-refractivity contribution in [2.24, 2.45) is 0 Å². The summed E-state index contributed by atoms with van der Waals surface area (Å²) in [5.74, 6) is 1.50. The van der Waals surface area contributed by atoms with Crippen LogP contribution in [0.3, 0.4) is 0 Å². The zero-order valence-corrected chi connectivity index (χ0v) is 19.1. The highest BCUT2D eigenvalue weighted by Gasteiger charge is 2.22. The average Bonchev–Trinajstić information content (AvgIpc) is 3.31. The molecule has 2 fully saturated rings. The number of rotatable bonds is 9. The molecule has 4 rings (SSSR count). The van der Waals surface area contributed by atoms with Crippen molar-refractivity contribution in [1.29, 1.82) is 0 Å². The maximum atomic E-state index is 12.7. The van der Waals surface area contributed by atoms with E-state index in [1.165, 1.54) is 32.1 Å². The molecule has 0 aromatic heterocycles. The lowest BCUT2D eigenvalue weighted by Crippen LogP contribution is -2.44. The van der Waals surface area contributed by atoms with E-state index < -0.39 is 0 Å². The lowest BCUT2D eigenvalue weighted by atomic mass is 9.95. The Morgan fingerprint density at radius 1 is 0.938 bits per heavy atom. The Balaban J connectivity index is 1.29. The summed E-state index contributed by atoms with van der Waals surface area (Å²) in [6, 6.07) is 6.32. The van der Waals surface area contributed by atoms with Crippen LogP contribution in [0.15, 0.2) is 18.2 Å². The molecule has 2 amide bonds. The van der Waals surface area contributed by atoms with Gasteiger partial charge in [0.25, 0.3) is 0 Å². The number of hydrogen-bond acceptors (Lipinski definition) is 5. The number of ether oxygens (including phenoxy) is 2. The molecular formula is C25H37N3O4. The molecular weight excluding hydrogens is 406 g/mol. The zero-order valence-electron chi connectivity index (χ0n) is 19.1. The molecule has 1 aromatic carbocycles. The summed E-state index contributed by atoms with van der Waals surface area (Å²) in [4.78, 5) is 27.4. The molecule has 7 nitrogen and oxygen atoms in total. The van der Waals surface area contributed by atoms with Gasteiger partial charge in [0.1, 0.15) is 13.2 Å². The topological polar surface area (TPSA) is 79.9 Å². The molecule has 0 bridgehead atoms. The summed E-state index contributed by atoms with van der Waals surface area (Å²) >= 11 is 0. The first-order valence-corrected chi connectivity index (χ1v) is 12.4. The third kappa shape index (κ3) is 6.86. The summed E-state index contributed by atoms with van der Waals surface area (Å²) < 4.78 is 11.3. The molecule has 1 saturated carbocycles. The van der Waals surface area contributed by atoms with Crippen LogP contribution in [0.1, 0.15) is 63.4 Å². The molecule has 2 N–H and O–H groups in total. The van der Waals surface area contributed by atoms with Gasteiger partial charge in [-0.1, -0.05) is 25.3 Å². The Hall–Kier alpha value is -2.28. The highest BCUT2D eigenvalue weighted by Crippen LogP contribution is 2.31. The zero-order chi connectivity index (χ0) is 22.2. The van der Waals surface area contributed by atoms with Crippen LogP contribution in [-0.2, 0) is 16.0 Å². The summed E-state index contributed by atoms with van der Waals surface area (Å²) in [5.41, 5.74) is 1.12. The number of amides is 2. The van der Waals surface area contributed by atoms with Gasteiger partial charge in [0, 0.05) is 31.5 Å². The van der Waals surface area contributed by atoms with Gasteiger partial charge in [-0.2, -0.15) is 0 Å². The highest BCUT2D eigenvalue weighted by molar-refractivity contribution is 5.84. The van der Waals surface area contributed by atoms with Gasteiger partial charge in [-0.3, -0.25) is 9.59 Å². The lowest BCUT2D eigenvalue weighted by Gasteiger charge is -2.26. The van der Waals surface area contributed by atoms with Gasteiger partial charge in [0.05, 0.1) is 0 Å². The van der Waals surface area contributed by atoms with E-state index in [1.807, 2.05) is 18.2 Å². The first kappa shape index (κ1) is 22.9. The molecule has 1 aromatic rings. The van der Waals surface area contributed by atoms with E-state index in [0.717, 1.165) is 56.0 Å². The molecule has 2 heterocycles. The summed E-state index contributed by atoms with van der Waals surface area (Å²) in [6.07, 6.45) is 9.39. The Labute approximate surface area is 191 Å².